The molecule has 0 saturated carbocycles. The lowest BCUT2D eigenvalue weighted by Gasteiger charge is -2.19. The second-order valence-electron chi connectivity index (χ2n) is 14.1. The average Bonchev–Trinajstić information content (AvgIpc) is 3.16. The molecule has 1 aromatic carbocycles. The number of carbonyl (C=O) groups excluding carboxylic acids is 3. The second kappa shape index (κ2) is 35.0. The molecular weight excluding hydrogens is 672 g/mol. The van der Waals surface area contributed by atoms with E-state index in [0.29, 0.717) is 55.8 Å². The van der Waals surface area contributed by atoms with Crippen LogP contribution in [0, 0.1) is 0 Å². The molecule has 0 aliphatic rings. The minimum absolute atomic E-state index is 0.0369. The van der Waals surface area contributed by atoms with Crippen molar-refractivity contribution in [1.82, 2.24) is 0 Å². The zero-order valence-electron chi connectivity index (χ0n) is 33.7. The quantitative estimate of drug-likeness (QED) is 0.0235. The van der Waals surface area contributed by atoms with Crippen LogP contribution in [0.2, 0.25) is 0 Å². The maximum absolute atomic E-state index is 12.7. The largest absolute Gasteiger partial charge is 0.465 e. The second-order valence-corrected chi connectivity index (χ2v) is 14.1. The molecule has 0 fully saturated rings. The predicted molar refractivity (Wildman–Crippen MR) is 211 cm³/mol. The normalized spacial score (nSPS) is 11.4. The summed E-state index contributed by atoms with van der Waals surface area (Å²) in [7, 11) is 0. The van der Waals surface area contributed by atoms with E-state index < -0.39 is 6.29 Å². The fourth-order valence-electron chi connectivity index (χ4n) is 5.81. The molecule has 0 aliphatic carbocycles. The first kappa shape index (κ1) is 48.3. The Morgan fingerprint density at radius 3 is 1.53 bits per heavy atom. The number of benzene rings is 1. The Hall–Kier alpha value is -2.75. The van der Waals surface area contributed by atoms with Crippen LogP contribution in [0.25, 0.3) is 0 Å². The van der Waals surface area contributed by atoms with Gasteiger partial charge in [-0.1, -0.05) is 122 Å². The van der Waals surface area contributed by atoms with Crippen LogP contribution < -0.4 is 0 Å². The molecule has 0 bridgehead atoms. The highest BCUT2D eigenvalue weighted by Gasteiger charge is 2.15. The smallest absolute Gasteiger partial charge is 0.306 e. The lowest BCUT2D eigenvalue weighted by Crippen LogP contribution is -2.21. The molecule has 9 heteroatoms. The molecule has 1 aromatic rings. The van der Waals surface area contributed by atoms with E-state index in [1.54, 1.807) is 12.1 Å². The number of aliphatic hydroxyl groups excluding tert-OH is 1. The number of rotatable bonds is 36. The third-order valence-electron chi connectivity index (χ3n) is 8.98. The van der Waals surface area contributed by atoms with Crippen LogP contribution >= 0.6 is 0 Å². The number of carbonyl (C=O) groups is 3. The minimum atomic E-state index is -0.431. The van der Waals surface area contributed by atoms with Gasteiger partial charge in [0, 0.05) is 32.5 Å². The monoisotopic (exact) mass is 747 g/mol. The van der Waals surface area contributed by atoms with Gasteiger partial charge in [-0.25, -0.2) is 0 Å². The summed E-state index contributed by atoms with van der Waals surface area (Å²) >= 11 is 0. The molecule has 1 rings (SSSR count). The summed E-state index contributed by atoms with van der Waals surface area (Å²) in [6, 6.07) is 5.35. The maximum Gasteiger partial charge on any atom is 0.306 e. The van der Waals surface area contributed by atoms with Crippen molar-refractivity contribution in [2.24, 2.45) is 0 Å². The Bertz CT molecular complexity index is 1070. The molecule has 1 N–H and O–H groups in total. The van der Waals surface area contributed by atoms with Crippen LogP contribution in [0.4, 0.5) is 0 Å². The topological polar surface area (TPSA) is 118 Å². The van der Waals surface area contributed by atoms with Crippen LogP contribution in [-0.4, -0.2) is 49.1 Å². The summed E-state index contributed by atoms with van der Waals surface area (Å²) in [6.07, 6.45) is 25.5. The zero-order chi connectivity index (χ0) is 38.6. The van der Waals surface area contributed by atoms with E-state index in [1.807, 2.05) is 6.07 Å². The van der Waals surface area contributed by atoms with Crippen LogP contribution in [0.1, 0.15) is 185 Å². The first-order valence-electron chi connectivity index (χ1n) is 21.0. The third-order valence-corrected chi connectivity index (χ3v) is 8.98. The Labute approximate surface area is 321 Å². The molecule has 0 atom stereocenters. The van der Waals surface area contributed by atoms with Crippen LogP contribution in [-0.2, 0) is 57.9 Å². The third kappa shape index (κ3) is 29.3. The number of unbranched alkanes of at least 4 members (excludes halogenated alkanes) is 14. The summed E-state index contributed by atoms with van der Waals surface area (Å²) in [4.78, 5) is 37.1. The highest BCUT2D eigenvalue weighted by Crippen LogP contribution is 2.16. The van der Waals surface area contributed by atoms with Gasteiger partial charge >= 0.3 is 17.9 Å². The minimum Gasteiger partial charge on any atom is -0.465 e. The van der Waals surface area contributed by atoms with Gasteiger partial charge in [0.05, 0.1) is 19.6 Å². The average molecular weight is 747 g/mol. The summed E-state index contributed by atoms with van der Waals surface area (Å²) < 4.78 is 28.4. The Morgan fingerprint density at radius 1 is 0.528 bits per heavy atom. The Kier molecular flexibility index (Phi) is 31.9. The summed E-state index contributed by atoms with van der Waals surface area (Å²) in [5, 5.41) is 9.80. The van der Waals surface area contributed by atoms with E-state index in [0.717, 1.165) is 38.5 Å². The van der Waals surface area contributed by atoms with Crippen molar-refractivity contribution < 1.29 is 43.2 Å². The number of hydrogen-bond donors (Lipinski definition) is 1. The SMILES string of the molecule is CCCCCC=CCCOC(=O)CCCCC(=O)OCc1cc(CO)cc(COC(=O)CCC(OCCCCCCCC)OCCCCCCCC)c1. The number of aliphatic hydroxyl groups is 1. The highest BCUT2D eigenvalue weighted by atomic mass is 16.7. The van der Waals surface area contributed by atoms with Gasteiger partial charge in [0.15, 0.2) is 6.29 Å². The van der Waals surface area contributed by atoms with Gasteiger partial charge in [0.25, 0.3) is 0 Å². The molecule has 0 unspecified atom stereocenters. The lowest BCUT2D eigenvalue weighted by atomic mass is 10.1. The van der Waals surface area contributed by atoms with Crippen molar-refractivity contribution in [3.63, 3.8) is 0 Å². The van der Waals surface area contributed by atoms with E-state index in [4.69, 9.17) is 23.7 Å². The predicted octanol–water partition coefficient (Wildman–Crippen LogP) is 10.8. The molecule has 0 saturated heterocycles. The van der Waals surface area contributed by atoms with Crippen molar-refractivity contribution in [2.75, 3.05) is 19.8 Å². The lowest BCUT2D eigenvalue weighted by molar-refractivity contribution is -0.160. The Balaban J connectivity index is 2.42. The van der Waals surface area contributed by atoms with Gasteiger partial charge < -0.3 is 28.8 Å². The molecule has 0 radical (unpaired) electrons. The molecule has 53 heavy (non-hydrogen) atoms. The van der Waals surface area contributed by atoms with E-state index in [2.05, 4.69) is 32.9 Å². The van der Waals surface area contributed by atoms with E-state index >= 15 is 0 Å². The van der Waals surface area contributed by atoms with E-state index in [-0.39, 0.29) is 57.0 Å². The van der Waals surface area contributed by atoms with Gasteiger partial charge in [-0.05, 0) is 67.7 Å². The first-order chi connectivity index (χ1) is 25.9. The molecule has 0 heterocycles. The standard InChI is InChI=1S/C44H74O9/c1-4-7-10-13-16-19-22-29-49-41(46)25-20-21-26-42(47)52-36-39-32-38(35-45)33-40(34-39)37-53-43(48)27-28-44(50-30-23-17-14-11-8-5-2)51-31-24-18-15-12-9-6-3/h16,19,32-34,44-45H,4-15,17-18,20-31,35-37H2,1-3H3. The number of ether oxygens (including phenoxy) is 5. The number of esters is 3. The maximum atomic E-state index is 12.7. The Morgan fingerprint density at radius 2 is 0.981 bits per heavy atom. The molecule has 9 nitrogen and oxygen atoms in total. The van der Waals surface area contributed by atoms with Gasteiger partial charge in [0.2, 0.25) is 0 Å². The number of hydrogen-bond acceptors (Lipinski definition) is 9. The molecule has 304 valence electrons. The van der Waals surface area contributed by atoms with Crippen molar-refractivity contribution in [3.8, 4) is 0 Å². The number of allylic oxidation sites excluding steroid dienone is 1. The highest BCUT2D eigenvalue weighted by molar-refractivity contribution is 5.70. The summed E-state index contributed by atoms with van der Waals surface area (Å²) in [6.45, 7) is 8.12. The van der Waals surface area contributed by atoms with Crippen LogP contribution in [0.5, 0.6) is 0 Å². The fourth-order valence-corrected chi connectivity index (χ4v) is 5.81. The van der Waals surface area contributed by atoms with Crippen molar-refractivity contribution in [1.29, 1.82) is 0 Å². The first-order valence-corrected chi connectivity index (χ1v) is 21.0. The van der Waals surface area contributed by atoms with Gasteiger partial charge in [-0.3, -0.25) is 14.4 Å². The molecule has 0 spiro atoms. The van der Waals surface area contributed by atoms with Crippen molar-refractivity contribution in [3.05, 3.63) is 47.0 Å². The van der Waals surface area contributed by atoms with E-state index in [9.17, 15) is 19.5 Å². The zero-order valence-corrected chi connectivity index (χ0v) is 33.7. The van der Waals surface area contributed by atoms with Gasteiger partial charge in [-0.2, -0.15) is 0 Å². The summed E-state index contributed by atoms with van der Waals surface area (Å²) in [5.41, 5.74) is 2.04. The van der Waals surface area contributed by atoms with Gasteiger partial charge in [0.1, 0.15) is 13.2 Å². The van der Waals surface area contributed by atoms with Gasteiger partial charge in [-0.15, -0.1) is 0 Å². The molecule has 0 aliphatic heterocycles. The molecular formula is C44H74O9. The fraction of sp³-hybridized carbons (Fsp3) is 0.750. The van der Waals surface area contributed by atoms with Crippen LogP contribution in [0.15, 0.2) is 30.4 Å². The summed E-state index contributed by atoms with van der Waals surface area (Å²) in [5.74, 6) is -0.955. The van der Waals surface area contributed by atoms with E-state index in [1.165, 1.54) is 70.6 Å². The van der Waals surface area contributed by atoms with Crippen molar-refractivity contribution in [2.45, 2.75) is 195 Å². The van der Waals surface area contributed by atoms with Crippen molar-refractivity contribution >= 4 is 17.9 Å². The molecule has 0 amide bonds. The molecule has 0 aromatic heterocycles. The van der Waals surface area contributed by atoms with Crippen LogP contribution in [0.3, 0.4) is 0 Å².